The molecule has 1 unspecified atom stereocenters. The first-order valence-electron chi connectivity index (χ1n) is 4.83. The summed E-state index contributed by atoms with van der Waals surface area (Å²) in [4.78, 5) is 10.9. The zero-order valence-corrected chi connectivity index (χ0v) is 11.1. The van der Waals surface area contributed by atoms with Crippen molar-refractivity contribution in [3.05, 3.63) is 0 Å². The highest BCUT2D eigenvalue weighted by atomic mass is 35.5. The van der Waals surface area contributed by atoms with E-state index in [4.69, 9.17) is 11.6 Å². The number of carbonyl (C=O) groups excluding carboxylic acids is 1. The van der Waals surface area contributed by atoms with Gasteiger partial charge in [0.1, 0.15) is 0 Å². The fourth-order valence-corrected chi connectivity index (χ4v) is 2.34. The molecule has 16 heavy (non-hydrogen) atoms. The van der Waals surface area contributed by atoms with Crippen molar-refractivity contribution in [3.8, 4) is 0 Å². The number of carbonyl (C=O) groups is 1. The topological polar surface area (TPSA) is 84.5 Å². The molecule has 1 amide bonds. The molecule has 0 saturated carbocycles. The molecule has 2 N–H and O–H groups in total. The molecule has 0 aromatic rings. The van der Waals surface area contributed by atoms with Crippen LogP contribution in [0.4, 0.5) is 4.79 Å². The average Bonchev–Trinajstić information content (AvgIpc) is 2.16. The summed E-state index contributed by atoms with van der Waals surface area (Å²) in [5, 5.41) is 0. The van der Waals surface area contributed by atoms with Crippen LogP contribution in [0.25, 0.3) is 0 Å². The fourth-order valence-electron chi connectivity index (χ4n) is 0.814. The van der Waals surface area contributed by atoms with Gasteiger partial charge in [0, 0.05) is 11.4 Å². The van der Waals surface area contributed by atoms with Crippen LogP contribution in [0.5, 0.6) is 0 Å². The molecule has 1 atom stereocenters. The van der Waals surface area contributed by atoms with E-state index in [9.17, 15) is 13.2 Å². The number of alkyl halides is 1. The Morgan fingerprint density at radius 1 is 1.44 bits per heavy atom. The molecule has 0 heterocycles. The van der Waals surface area contributed by atoms with Crippen molar-refractivity contribution in [2.24, 2.45) is 0 Å². The maximum Gasteiger partial charge on any atom is 0.421 e. The Morgan fingerprint density at radius 2 is 2.00 bits per heavy atom. The molecular weight excluding hydrogens is 256 g/mol. The molecule has 0 aliphatic carbocycles. The van der Waals surface area contributed by atoms with Gasteiger partial charge in [-0.25, -0.2) is 9.52 Å². The van der Waals surface area contributed by atoms with Gasteiger partial charge in [-0.2, -0.15) is 13.1 Å². The van der Waals surface area contributed by atoms with Crippen molar-refractivity contribution in [2.45, 2.75) is 32.7 Å². The Hall–Kier alpha value is -0.530. The standard InChI is InChI=1S/C8H17ClN2O4S/c1-4-8(3,6-9)11-16(13,14)10-7(12)15-5-2/h11H,4-6H2,1-3H3,(H,10,12). The summed E-state index contributed by atoms with van der Waals surface area (Å²) in [5.74, 6) is 0.104. The van der Waals surface area contributed by atoms with Crippen LogP contribution in [0.15, 0.2) is 0 Å². The maximum atomic E-state index is 11.5. The van der Waals surface area contributed by atoms with E-state index in [1.165, 1.54) is 0 Å². The van der Waals surface area contributed by atoms with E-state index in [1.54, 1.807) is 25.5 Å². The second-order valence-corrected chi connectivity index (χ2v) is 5.16. The maximum absolute atomic E-state index is 11.5. The molecule has 6 nitrogen and oxygen atoms in total. The normalized spacial score (nSPS) is 15.2. The minimum absolute atomic E-state index is 0.0991. The van der Waals surface area contributed by atoms with Gasteiger partial charge >= 0.3 is 16.3 Å². The molecule has 0 aromatic heterocycles. The number of nitrogens with one attached hydrogen (secondary N) is 2. The third-order valence-electron chi connectivity index (χ3n) is 1.95. The van der Waals surface area contributed by atoms with E-state index in [2.05, 4.69) is 9.46 Å². The van der Waals surface area contributed by atoms with Gasteiger partial charge in [-0.15, -0.1) is 11.6 Å². The molecule has 0 rings (SSSR count). The lowest BCUT2D eigenvalue weighted by Gasteiger charge is -2.26. The molecule has 0 spiro atoms. The summed E-state index contributed by atoms with van der Waals surface area (Å²) in [5.41, 5.74) is -0.792. The number of rotatable bonds is 6. The number of amides is 1. The highest BCUT2D eigenvalue weighted by Gasteiger charge is 2.28. The number of hydrogen-bond donors (Lipinski definition) is 2. The van der Waals surface area contributed by atoms with Crippen LogP contribution in [-0.4, -0.2) is 32.5 Å². The SMILES string of the molecule is CCOC(=O)NS(=O)(=O)NC(C)(CC)CCl. The first-order chi connectivity index (χ1) is 7.28. The van der Waals surface area contributed by atoms with Crippen LogP contribution < -0.4 is 9.44 Å². The summed E-state index contributed by atoms with van der Waals surface area (Å²) in [6.45, 7) is 5.11. The number of ether oxygens (including phenoxy) is 1. The van der Waals surface area contributed by atoms with E-state index in [1.807, 2.05) is 0 Å². The lowest BCUT2D eigenvalue weighted by molar-refractivity contribution is 0.158. The van der Waals surface area contributed by atoms with Crippen LogP contribution in [0.3, 0.4) is 0 Å². The first kappa shape index (κ1) is 15.5. The summed E-state index contributed by atoms with van der Waals surface area (Å²) < 4.78 is 31.4. The Balaban J connectivity index is 4.52. The quantitative estimate of drug-likeness (QED) is 0.706. The van der Waals surface area contributed by atoms with E-state index < -0.39 is 21.8 Å². The molecule has 0 saturated heterocycles. The summed E-state index contributed by atoms with van der Waals surface area (Å²) >= 11 is 5.64. The molecule has 96 valence electrons. The van der Waals surface area contributed by atoms with Crippen molar-refractivity contribution < 1.29 is 17.9 Å². The average molecular weight is 273 g/mol. The smallest absolute Gasteiger partial charge is 0.421 e. The van der Waals surface area contributed by atoms with Crippen molar-refractivity contribution in [3.63, 3.8) is 0 Å². The van der Waals surface area contributed by atoms with Crippen molar-refractivity contribution >= 4 is 27.9 Å². The molecular formula is C8H17ClN2O4S. The Kier molecular flexibility index (Phi) is 6.06. The zero-order chi connectivity index (χ0) is 12.8. The minimum atomic E-state index is -3.94. The van der Waals surface area contributed by atoms with Crippen molar-refractivity contribution in [1.82, 2.24) is 9.44 Å². The van der Waals surface area contributed by atoms with E-state index in [0.717, 1.165) is 0 Å². The first-order valence-corrected chi connectivity index (χ1v) is 6.84. The van der Waals surface area contributed by atoms with Gasteiger partial charge in [-0.3, -0.25) is 0 Å². The molecule has 0 radical (unpaired) electrons. The van der Waals surface area contributed by atoms with Crippen molar-refractivity contribution in [2.75, 3.05) is 12.5 Å². The number of hydrogen-bond acceptors (Lipinski definition) is 4. The molecule has 0 fully saturated rings. The van der Waals surface area contributed by atoms with Gasteiger partial charge in [0.05, 0.1) is 6.61 Å². The molecule has 8 heteroatoms. The van der Waals surface area contributed by atoms with E-state index in [0.29, 0.717) is 6.42 Å². The monoisotopic (exact) mass is 272 g/mol. The molecule has 0 bridgehead atoms. The highest BCUT2D eigenvalue weighted by Crippen LogP contribution is 2.12. The zero-order valence-electron chi connectivity index (χ0n) is 9.54. The van der Waals surface area contributed by atoms with Gasteiger partial charge in [-0.1, -0.05) is 6.92 Å². The predicted molar refractivity (Wildman–Crippen MR) is 61.6 cm³/mol. The second kappa shape index (κ2) is 6.27. The Morgan fingerprint density at radius 3 is 2.38 bits per heavy atom. The van der Waals surface area contributed by atoms with Crippen LogP contribution >= 0.6 is 11.6 Å². The fraction of sp³-hybridized carbons (Fsp3) is 0.875. The lowest BCUT2D eigenvalue weighted by Crippen LogP contribution is -2.52. The molecule has 0 aliphatic rings. The van der Waals surface area contributed by atoms with Gasteiger partial charge in [0.2, 0.25) is 0 Å². The third kappa shape index (κ3) is 5.53. The van der Waals surface area contributed by atoms with Gasteiger partial charge in [-0.05, 0) is 20.3 Å². The molecule has 0 aromatic carbocycles. The van der Waals surface area contributed by atoms with Crippen LogP contribution in [-0.2, 0) is 14.9 Å². The Labute approximate surface area is 101 Å². The second-order valence-electron chi connectivity index (χ2n) is 3.48. The summed E-state index contributed by atoms with van der Waals surface area (Å²) in [6, 6.07) is 0. The van der Waals surface area contributed by atoms with Crippen LogP contribution in [0, 0.1) is 0 Å². The van der Waals surface area contributed by atoms with Gasteiger partial charge in [0.15, 0.2) is 0 Å². The van der Waals surface area contributed by atoms with Gasteiger partial charge in [0.25, 0.3) is 0 Å². The van der Waals surface area contributed by atoms with E-state index >= 15 is 0 Å². The van der Waals surface area contributed by atoms with Crippen molar-refractivity contribution in [1.29, 1.82) is 0 Å². The third-order valence-corrected chi connectivity index (χ3v) is 3.74. The Bertz CT molecular complexity index is 327. The highest BCUT2D eigenvalue weighted by molar-refractivity contribution is 7.88. The molecule has 0 aliphatic heterocycles. The predicted octanol–water partition coefficient (Wildman–Crippen LogP) is 0.974. The van der Waals surface area contributed by atoms with Crippen LogP contribution in [0.1, 0.15) is 27.2 Å². The lowest BCUT2D eigenvalue weighted by atomic mass is 10.0. The largest absolute Gasteiger partial charge is 0.449 e. The van der Waals surface area contributed by atoms with E-state index in [-0.39, 0.29) is 12.5 Å². The number of halogens is 1. The summed E-state index contributed by atoms with van der Waals surface area (Å²) in [7, 11) is -3.94. The van der Waals surface area contributed by atoms with Crippen LogP contribution in [0.2, 0.25) is 0 Å². The van der Waals surface area contributed by atoms with Gasteiger partial charge < -0.3 is 4.74 Å². The minimum Gasteiger partial charge on any atom is -0.449 e. The summed E-state index contributed by atoms with van der Waals surface area (Å²) in [6.07, 6.45) is -0.511.